The van der Waals surface area contributed by atoms with E-state index in [0.29, 0.717) is 11.2 Å². The number of nitrogens with one attached hydrogen (secondary N) is 1. The summed E-state index contributed by atoms with van der Waals surface area (Å²) < 4.78 is 0. The summed E-state index contributed by atoms with van der Waals surface area (Å²) in [6.07, 6.45) is 1.11. The van der Waals surface area contributed by atoms with Gasteiger partial charge < -0.3 is 5.32 Å². The normalized spacial score (nSPS) is 12.8. The van der Waals surface area contributed by atoms with Crippen molar-refractivity contribution in [3.63, 3.8) is 0 Å². The number of aromatic nitrogens is 2. The molecule has 0 aromatic carbocycles. The van der Waals surface area contributed by atoms with Gasteiger partial charge in [-0.05, 0) is 19.3 Å². The first-order chi connectivity index (χ1) is 8.52. The van der Waals surface area contributed by atoms with Crippen LogP contribution in [0.15, 0.2) is 6.07 Å². The van der Waals surface area contributed by atoms with Gasteiger partial charge in [-0.25, -0.2) is 9.97 Å². The quantitative estimate of drug-likeness (QED) is 0.813. The van der Waals surface area contributed by atoms with Gasteiger partial charge >= 0.3 is 0 Å². The summed E-state index contributed by atoms with van der Waals surface area (Å²) in [5.74, 6) is 3.47. The van der Waals surface area contributed by atoms with E-state index in [4.69, 9.17) is 0 Å². The highest BCUT2D eigenvalue weighted by atomic mass is 32.2. The van der Waals surface area contributed by atoms with Crippen LogP contribution in [-0.4, -0.2) is 21.8 Å². The molecule has 0 amide bonds. The molecule has 4 heteroatoms. The van der Waals surface area contributed by atoms with Crippen LogP contribution in [0.1, 0.15) is 45.6 Å². The standard InChI is InChI=1S/C14H25N3S/c1-6-7-15-13-8-11(4)16-14(17-13)9-18-12(5)10(2)3/h8,10,12H,6-7,9H2,1-5H3,(H,15,16,17). The molecule has 0 radical (unpaired) electrons. The maximum atomic E-state index is 4.56. The topological polar surface area (TPSA) is 37.8 Å². The van der Waals surface area contributed by atoms with E-state index in [1.807, 2.05) is 24.8 Å². The third kappa shape index (κ3) is 5.25. The van der Waals surface area contributed by atoms with Gasteiger partial charge in [0.25, 0.3) is 0 Å². The van der Waals surface area contributed by atoms with Crippen LogP contribution in [-0.2, 0) is 5.75 Å². The number of hydrogen-bond donors (Lipinski definition) is 1. The minimum absolute atomic E-state index is 0.640. The molecule has 1 aromatic rings. The number of thioether (sulfide) groups is 1. The Kier molecular flexibility index (Phi) is 6.47. The molecule has 1 N–H and O–H groups in total. The molecular formula is C14H25N3S. The van der Waals surface area contributed by atoms with Crippen LogP contribution in [0.4, 0.5) is 5.82 Å². The van der Waals surface area contributed by atoms with Gasteiger partial charge in [-0.2, -0.15) is 11.8 Å². The van der Waals surface area contributed by atoms with Gasteiger partial charge in [0.2, 0.25) is 0 Å². The van der Waals surface area contributed by atoms with E-state index < -0.39 is 0 Å². The van der Waals surface area contributed by atoms with Gasteiger partial charge in [0.05, 0.1) is 5.75 Å². The first kappa shape index (κ1) is 15.3. The molecule has 1 aromatic heterocycles. The molecule has 1 rings (SSSR count). The second kappa shape index (κ2) is 7.62. The zero-order chi connectivity index (χ0) is 13.5. The van der Waals surface area contributed by atoms with Crippen molar-refractivity contribution in [2.45, 2.75) is 52.0 Å². The number of rotatable bonds is 7. The Bertz CT molecular complexity index is 366. The molecule has 0 saturated carbocycles. The first-order valence-electron chi connectivity index (χ1n) is 6.73. The Morgan fingerprint density at radius 1 is 1.28 bits per heavy atom. The fourth-order valence-corrected chi connectivity index (χ4v) is 2.36. The predicted molar refractivity (Wildman–Crippen MR) is 81.1 cm³/mol. The lowest BCUT2D eigenvalue weighted by Crippen LogP contribution is -2.09. The molecule has 0 fully saturated rings. The molecule has 0 aliphatic heterocycles. The van der Waals surface area contributed by atoms with Crippen molar-refractivity contribution in [3.8, 4) is 0 Å². The molecule has 0 aliphatic carbocycles. The Hall–Kier alpha value is -0.770. The van der Waals surface area contributed by atoms with Crippen molar-refractivity contribution in [1.82, 2.24) is 9.97 Å². The van der Waals surface area contributed by atoms with Crippen molar-refractivity contribution < 1.29 is 0 Å². The van der Waals surface area contributed by atoms with Gasteiger partial charge in [0.15, 0.2) is 0 Å². The molecule has 3 nitrogen and oxygen atoms in total. The van der Waals surface area contributed by atoms with Crippen molar-refractivity contribution in [2.24, 2.45) is 5.92 Å². The summed E-state index contributed by atoms with van der Waals surface area (Å²) in [7, 11) is 0. The van der Waals surface area contributed by atoms with Crippen LogP contribution in [0, 0.1) is 12.8 Å². The van der Waals surface area contributed by atoms with Gasteiger partial charge in [-0.15, -0.1) is 0 Å². The van der Waals surface area contributed by atoms with Gasteiger partial charge in [-0.3, -0.25) is 0 Å². The lowest BCUT2D eigenvalue weighted by molar-refractivity contribution is 0.642. The highest BCUT2D eigenvalue weighted by Crippen LogP contribution is 2.22. The van der Waals surface area contributed by atoms with Crippen molar-refractivity contribution in [2.75, 3.05) is 11.9 Å². The lowest BCUT2D eigenvalue weighted by Gasteiger charge is -2.14. The smallest absolute Gasteiger partial charge is 0.140 e. The predicted octanol–water partition coefficient (Wildman–Crippen LogP) is 3.88. The third-order valence-corrected chi connectivity index (χ3v) is 4.37. The van der Waals surface area contributed by atoms with Crippen molar-refractivity contribution in [3.05, 3.63) is 17.6 Å². The minimum atomic E-state index is 0.640. The molecule has 18 heavy (non-hydrogen) atoms. The van der Waals surface area contributed by atoms with Crippen molar-refractivity contribution >= 4 is 17.6 Å². The van der Waals surface area contributed by atoms with E-state index in [0.717, 1.165) is 36.1 Å². The van der Waals surface area contributed by atoms with Gasteiger partial charge in [0, 0.05) is 23.6 Å². The van der Waals surface area contributed by atoms with E-state index in [1.165, 1.54) is 0 Å². The fourth-order valence-electron chi connectivity index (χ4n) is 1.44. The molecule has 1 unspecified atom stereocenters. The number of nitrogens with zero attached hydrogens (tertiary/aromatic N) is 2. The lowest BCUT2D eigenvalue weighted by atomic mass is 10.2. The summed E-state index contributed by atoms with van der Waals surface area (Å²) in [5, 5.41) is 3.97. The van der Waals surface area contributed by atoms with Crippen LogP contribution >= 0.6 is 11.8 Å². The van der Waals surface area contributed by atoms with E-state index in [9.17, 15) is 0 Å². The molecule has 0 bridgehead atoms. The summed E-state index contributed by atoms with van der Waals surface area (Å²) in [6.45, 7) is 11.9. The summed E-state index contributed by atoms with van der Waals surface area (Å²) in [4.78, 5) is 9.06. The van der Waals surface area contributed by atoms with Crippen LogP contribution in [0.25, 0.3) is 0 Å². The van der Waals surface area contributed by atoms with Crippen LogP contribution in [0.3, 0.4) is 0 Å². The molecular weight excluding hydrogens is 242 g/mol. The number of hydrogen-bond acceptors (Lipinski definition) is 4. The summed E-state index contributed by atoms with van der Waals surface area (Å²) >= 11 is 1.93. The average molecular weight is 267 g/mol. The Morgan fingerprint density at radius 2 is 2.00 bits per heavy atom. The van der Waals surface area contributed by atoms with Crippen molar-refractivity contribution in [1.29, 1.82) is 0 Å². The summed E-state index contributed by atoms with van der Waals surface area (Å²) in [5.41, 5.74) is 1.04. The van der Waals surface area contributed by atoms with Crippen LogP contribution in [0.5, 0.6) is 0 Å². The SMILES string of the molecule is CCCNc1cc(C)nc(CSC(C)C(C)C)n1. The molecule has 0 spiro atoms. The Labute approximate surface area is 115 Å². The highest BCUT2D eigenvalue weighted by Gasteiger charge is 2.09. The van der Waals surface area contributed by atoms with Gasteiger partial charge in [-0.1, -0.05) is 27.7 Å². The van der Waals surface area contributed by atoms with Crippen LogP contribution < -0.4 is 5.32 Å². The Balaban J connectivity index is 2.62. The van der Waals surface area contributed by atoms with E-state index in [-0.39, 0.29) is 0 Å². The monoisotopic (exact) mass is 267 g/mol. The third-order valence-electron chi connectivity index (χ3n) is 2.87. The average Bonchev–Trinajstić information content (AvgIpc) is 2.32. The van der Waals surface area contributed by atoms with Gasteiger partial charge in [0.1, 0.15) is 11.6 Å². The minimum Gasteiger partial charge on any atom is -0.370 e. The second-order valence-corrected chi connectivity index (χ2v) is 6.36. The largest absolute Gasteiger partial charge is 0.370 e. The fraction of sp³-hybridized carbons (Fsp3) is 0.714. The number of anilines is 1. The molecule has 0 aliphatic rings. The van der Waals surface area contributed by atoms with E-state index in [1.54, 1.807) is 0 Å². The second-order valence-electron chi connectivity index (χ2n) is 5.00. The highest BCUT2D eigenvalue weighted by molar-refractivity contribution is 7.99. The summed E-state index contributed by atoms with van der Waals surface area (Å²) in [6, 6.07) is 2.01. The molecule has 1 heterocycles. The van der Waals surface area contributed by atoms with E-state index >= 15 is 0 Å². The number of aryl methyl sites for hydroxylation is 1. The maximum Gasteiger partial charge on any atom is 0.140 e. The van der Waals surface area contributed by atoms with E-state index in [2.05, 4.69) is 43.0 Å². The first-order valence-corrected chi connectivity index (χ1v) is 7.77. The molecule has 1 atom stereocenters. The zero-order valence-corrected chi connectivity index (χ0v) is 13.0. The Morgan fingerprint density at radius 3 is 2.61 bits per heavy atom. The zero-order valence-electron chi connectivity index (χ0n) is 12.2. The maximum absolute atomic E-state index is 4.56. The molecule has 0 saturated heterocycles. The van der Waals surface area contributed by atoms with Crippen LogP contribution in [0.2, 0.25) is 0 Å². The molecule has 102 valence electrons.